The van der Waals surface area contributed by atoms with E-state index < -0.39 is 0 Å². The number of aryl methyl sites for hydroxylation is 2. The standard InChI is InChI=1S/C16H23N3O2/c1-5-19-12(3)15(11(2)18-19)10-17-9-13-8-14(21-4)6-7-16(13)20/h6-8,17,20H,5,9-10H2,1-4H3. The molecule has 2 aromatic rings. The summed E-state index contributed by atoms with van der Waals surface area (Å²) in [6, 6.07) is 5.25. The molecule has 2 N–H and O–H groups in total. The predicted octanol–water partition coefficient (Wildman–Crippen LogP) is 2.52. The number of hydrogen-bond donors (Lipinski definition) is 2. The number of rotatable bonds is 6. The minimum Gasteiger partial charge on any atom is -0.508 e. The number of phenols is 1. The van der Waals surface area contributed by atoms with Crippen LogP contribution in [0.5, 0.6) is 11.5 Å². The molecule has 0 aliphatic carbocycles. The van der Waals surface area contributed by atoms with Crippen LogP contribution in [0.15, 0.2) is 18.2 Å². The zero-order chi connectivity index (χ0) is 15.4. The maximum absolute atomic E-state index is 9.87. The van der Waals surface area contributed by atoms with Crippen LogP contribution in [0, 0.1) is 13.8 Å². The van der Waals surface area contributed by atoms with Gasteiger partial charge in [-0.2, -0.15) is 5.10 Å². The van der Waals surface area contributed by atoms with Gasteiger partial charge in [-0.25, -0.2) is 0 Å². The highest BCUT2D eigenvalue weighted by Crippen LogP contribution is 2.23. The van der Waals surface area contributed by atoms with Gasteiger partial charge in [-0.15, -0.1) is 0 Å². The molecule has 0 atom stereocenters. The SMILES string of the molecule is CCn1nc(C)c(CNCc2cc(OC)ccc2O)c1C. The van der Waals surface area contributed by atoms with Crippen molar-refractivity contribution in [2.45, 2.75) is 40.4 Å². The van der Waals surface area contributed by atoms with Crippen LogP contribution in [-0.4, -0.2) is 22.0 Å². The van der Waals surface area contributed by atoms with Gasteiger partial charge in [0.2, 0.25) is 0 Å². The van der Waals surface area contributed by atoms with Gasteiger partial charge >= 0.3 is 0 Å². The Morgan fingerprint density at radius 1 is 1.29 bits per heavy atom. The van der Waals surface area contributed by atoms with E-state index in [1.807, 2.05) is 17.7 Å². The molecule has 2 rings (SSSR count). The molecular weight excluding hydrogens is 266 g/mol. The Morgan fingerprint density at radius 3 is 2.67 bits per heavy atom. The quantitative estimate of drug-likeness (QED) is 0.858. The van der Waals surface area contributed by atoms with Crippen molar-refractivity contribution in [2.24, 2.45) is 0 Å². The Labute approximate surface area is 125 Å². The average molecular weight is 289 g/mol. The highest BCUT2D eigenvalue weighted by molar-refractivity contribution is 5.39. The first-order valence-electron chi connectivity index (χ1n) is 7.16. The van der Waals surface area contributed by atoms with E-state index in [-0.39, 0.29) is 5.75 Å². The lowest BCUT2D eigenvalue weighted by Crippen LogP contribution is -2.14. The molecule has 0 fully saturated rings. The Kier molecular flexibility index (Phi) is 4.85. The number of aromatic hydroxyl groups is 1. The van der Waals surface area contributed by atoms with Gasteiger partial charge in [0.25, 0.3) is 0 Å². The van der Waals surface area contributed by atoms with E-state index in [4.69, 9.17) is 4.74 Å². The van der Waals surface area contributed by atoms with Gasteiger partial charge in [0, 0.05) is 36.5 Å². The first-order valence-corrected chi connectivity index (χ1v) is 7.16. The normalized spacial score (nSPS) is 10.9. The van der Waals surface area contributed by atoms with Crippen LogP contribution >= 0.6 is 0 Å². The number of nitrogens with zero attached hydrogens (tertiary/aromatic N) is 2. The molecule has 1 aromatic heterocycles. The van der Waals surface area contributed by atoms with Gasteiger partial charge in [0.05, 0.1) is 12.8 Å². The molecule has 0 saturated carbocycles. The third-order valence-corrected chi connectivity index (χ3v) is 3.73. The Bertz CT molecular complexity index is 620. The van der Waals surface area contributed by atoms with E-state index in [1.165, 1.54) is 11.3 Å². The molecule has 0 aliphatic rings. The largest absolute Gasteiger partial charge is 0.508 e. The van der Waals surface area contributed by atoms with Gasteiger partial charge in [-0.3, -0.25) is 4.68 Å². The highest BCUT2D eigenvalue weighted by Gasteiger charge is 2.10. The zero-order valence-electron chi connectivity index (χ0n) is 13.1. The van der Waals surface area contributed by atoms with Gasteiger partial charge < -0.3 is 15.2 Å². The third kappa shape index (κ3) is 3.36. The number of nitrogens with one attached hydrogen (secondary N) is 1. The molecule has 114 valence electrons. The van der Waals surface area contributed by atoms with Gasteiger partial charge in [0.1, 0.15) is 11.5 Å². The van der Waals surface area contributed by atoms with Crippen molar-refractivity contribution in [3.63, 3.8) is 0 Å². The number of phenolic OH excluding ortho intramolecular Hbond substituents is 1. The lowest BCUT2D eigenvalue weighted by atomic mass is 10.1. The lowest BCUT2D eigenvalue weighted by molar-refractivity contribution is 0.410. The maximum atomic E-state index is 9.87. The van der Waals surface area contributed by atoms with Crippen molar-refractivity contribution in [1.82, 2.24) is 15.1 Å². The second-order valence-corrected chi connectivity index (χ2v) is 5.06. The second-order valence-electron chi connectivity index (χ2n) is 5.06. The van der Waals surface area contributed by atoms with Crippen LogP contribution in [0.2, 0.25) is 0 Å². The molecule has 0 amide bonds. The minimum absolute atomic E-state index is 0.279. The van der Waals surface area contributed by atoms with Crippen LogP contribution < -0.4 is 10.1 Å². The van der Waals surface area contributed by atoms with Crippen LogP contribution in [0.1, 0.15) is 29.4 Å². The van der Waals surface area contributed by atoms with Crippen molar-refractivity contribution in [3.05, 3.63) is 40.7 Å². The van der Waals surface area contributed by atoms with Crippen molar-refractivity contribution in [3.8, 4) is 11.5 Å². The molecule has 0 aliphatic heterocycles. The molecule has 0 saturated heterocycles. The fourth-order valence-corrected chi connectivity index (χ4v) is 2.45. The van der Waals surface area contributed by atoms with Crippen molar-refractivity contribution in [2.75, 3.05) is 7.11 Å². The topological polar surface area (TPSA) is 59.3 Å². The van der Waals surface area contributed by atoms with E-state index in [0.717, 1.165) is 30.1 Å². The lowest BCUT2D eigenvalue weighted by Gasteiger charge is -2.09. The van der Waals surface area contributed by atoms with Crippen LogP contribution in [-0.2, 0) is 19.6 Å². The maximum Gasteiger partial charge on any atom is 0.120 e. The van der Waals surface area contributed by atoms with Gasteiger partial charge in [0.15, 0.2) is 0 Å². The van der Waals surface area contributed by atoms with Crippen LogP contribution in [0.25, 0.3) is 0 Å². The van der Waals surface area contributed by atoms with Crippen molar-refractivity contribution >= 4 is 0 Å². The third-order valence-electron chi connectivity index (χ3n) is 3.73. The summed E-state index contributed by atoms with van der Waals surface area (Å²) in [6.07, 6.45) is 0. The summed E-state index contributed by atoms with van der Waals surface area (Å²) in [4.78, 5) is 0. The fourth-order valence-electron chi connectivity index (χ4n) is 2.45. The summed E-state index contributed by atoms with van der Waals surface area (Å²) in [7, 11) is 1.62. The summed E-state index contributed by atoms with van der Waals surface area (Å²) < 4.78 is 7.19. The summed E-state index contributed by atoms with van der Waals surface area (Å²) in [6.45, 7) is 8.39. The first kappa shape index (κ1) is 15.4. The fraction of sp³-hybridized carbons (Fsp3) is 0.438. The summed E-state index contributed by atoms with van der Waals surface area (Å²) >= 11 is 0. The molecule has 5 heteroatoms. The summed E-state index contributed by atoms with van der Waals surface area (Å²) in [5.41, 5.74) is 4.29. The van der Waals surface area contributed by atoms with E-state index in [1.54, 1.807) is 19.2 Å². The summed E-state index contributed by atoms with van der Waals surface area (Å²) in [5.74, 6) is 1.02. The van der Waals surface area contributed by atoms with Crippen molar-refractivity contribution < 1.29 is 9.84 Å². The molecule has 1 heterocycles. The minimum atomic E-state index is 0.279. The average Bonchev–Trinajstić information content (AvgIpc) is 2.76. The van der Waals surface area contributed by atoms with E-state index in [9.17, 15) is 5.11 Å². The van der Waals surface area contributed by atoms with E-state index in [0.29, 0.717) is 6.54 Å². The van der Waals surface area contributed by atoms with Crippen LogP contribution in [0.3, 0.4) is 0 Å². The highest BCUT2D eigenvalue weighted by atomic mass is 16.5. The Hall–Kier alpha value is -2.01. The number of ether oxygens (including phenoxy) is 1. The molecule has 5 nitrogen and oxygen atoms in total. The number of methoxy groups -OCH3 is 1. The second kappa shape index (κ2) is 6.63. The first-order chi connectivity index (χ1) is 10.1. The van der Waals surface area contributed by atoms with E-state index in [2.05, 4.69) is 24.3 Å². The Balaban J connectivity index is 2.03. The number of hydrogen-bond acceptors (Lipinski definition) is 4. The number of benzene rings is 1. The predicted molar refractivity (Wildman–Crippen MR) is 82.6 cm³/mol. The monoisotopic (exact) mass is 289 g/mol. The molecule has 21 heavy (non-hydrogen) atoms. The Morgan fingerprint density at radius 2 is 2.05 bits per heavy atom. The van der Waals surface area contributed by atoms with Gasteiger partial charge in [-0.05, 0) is 39.0 Å². The van der Waals surface area contributed by atoms with E-state index >= 15 is 0 Å². The molecule has 0 bridgehead atoms. The smallest absolute Gasteiger partial charge is 0.120 e. The summed E-state index contributed by atoms with van der Waals surface area (Å²) in [5, 5.41) is 17.7. The molecule has 0 unspecified atom stereocenters. The number of aromatic nitrogens is 2. The zero-order valence-corrected chi connectivity index (χ0v) is 13.1. The molecular formula is C16H23N3O2. The van der Waals surface area contributed by atoms with Gasteiger partial charge in [-0.1, -0.05) is 0 Å². The van der Waals surface area contributed by atoms with Crippen molar-refractivity contribution in [1.29, 1.82) is 0 Å². The molecule has 0 spiro atoms. The molecule has 0 radical (unpaired) electrons. The molecule has 1 aromatic carbocycles. The van der Waals surface area contributed by atoms with Crippen LogP contribution in [0.4, 0.5) is 0 Å².